The van der Waals surface area contributed by atoms with Crippen molar-refractivity contribution in [2.45, 2.75) is 45.4 Å². The monoisotopic (exact) mass is 418 g/mol. The number of ether oxygens (including phenoxy) is 2. The molecule has 0 amide bonds. The molecule has 5 nitrogen and oxygen atoms in total. The van der Waals surface area contributed by atoms with Crippen LogP contribution in [0.25, 0.3) is 11.4 Å². The lowest BCUT2D eigenvalue weighted by Gasteiger charge is -2.12. The Labute approximate surface area is 184 Å². The fourth-order valence-electron chi connectivity index (χ4n) is 4.39. The molecular formula is C26H30N2O3. The summed E-state index contributed by atoms with van der Waals surface area (Å²) in [5.41, 5.74) is 5.90. The predicted molar refractivity (Wildman–Crippen MR) is 121 cm³/mol. The van der Waals surface area contributed by atoms with Crippen molar-refractivity contribution < 1.29 is 14.3 Å². The number of aromatic nitrogens is 2. The molecule has 1 aliphatic rings. The zero-order valence-corrected chi connectivity index (χ0v) is 18.6. The van der Waals surface area contributed by atoms with Gasteiger partial charge in [0.05, 0.1) is 25.3 Å². The first-order valence-electron chi connectivity index (χ1n) is 11.1. The Balaban J connectivity index is 1.37. The Morgan fingerprint density at radius 2 is 2.00 bits per heavy atom. The Bertz CT molecular complexity index is 1060. The van der Waals surface area contributed by atoms with E-state index in [-0.39, 0.29) is 11.9 Å². The van der Waals surface area contributed by atoms with Crippen molar-refractivity contribution in [2.24, 2.45) is 7.05 Å². The third-order valence-corrected chi connectivity index (χ3v) is 6.15. The van der Waals surface area contributed by atoms with E-state index >= 15 is 0 Å². The van der Waals surface area contributed by atoms with Crippen molar-refractivity contribution in [2.75, 3.05) is 13.2 Å². The Morgan fingerprint density at radius 1 is 1.19 bits per heavy atom. The van der Waals surface area contributed by atoms with E-state index in [0.29, 0.717) is 19.6 Å². The standard InChI is InChI=1S/C26H30N2O3/c1-4-30-25(29)17-21-11-10-20-16-22(12-13-23(20)21)31-15-14-24-18(2)28(3)26(27-24)19-8-6-5-7-9-19/h5-9,12-13,16,21H,4,10-11,14-15,17H2,1-3H3/t21-/m0/s1. The highest BCUT2D eigenvalue weighted by Gasteiger charge is 2.25. The van der Waals surface area contributed by atoms with Crippen LogP contribution in [0.4, 0.5) is 0 Å². The van der Waals surface area contributed by atoms with Gasteiger partial charge in [-0.3, -0.25) is 4.79 Å². The first kappa shape index (κ1) is 21.2. The maximum atomic E-state index is 11.8. The molecule has 0 saturated heterocycles. The van der Waals surface area contributed by atoms with Crippen LogP contribution in [0.15, 0.2) is 48.5 Å². The second-order valence-electron chi connectivity index (χ2n) is 8.10. The summed E-state index contributed by atoms with van der Waals surface area (Å²) in [6.07, 6.45) is 3.20. The summed E-state index contributed by atoms with van der Waals surface area (Å²) < 4.78 is 13.3. The van der Waals surface area contributed by atoms with E-state index in [1.54, 1.807) is 0 Å². The minimum absolute atomic E-state index is 0.110. The van der Waals surface area contributed by atoms with Crippen LogP contribution in [0, 0.1) is 6.92 Å². The number of carbonyl (C=O) groups is 1. The van der Waals surface area contributed by atoms with E-state index in [0.717, 1.165) is 42.1 Å². The molecule has 0 spiro atoms. The zero-order valence-electron chi connectivity index (χ0n) is 18.6. The lowest BCUT2D eigenvalue weighted by Crippen LogP contribution is -2.08. The van der Waals surface area contributed by atoms with Crippen molar-refractivity contribution in [3.05, 3.63) is 71.0 Å². The summed E-state index contributed by atoms with van der Waals surface area (Å²) in [6.45, 7) is 4.97. The maximum Gasteiger partial charge on any atom is 0.306 e. The van der Waals surface area contributed by atoms with Crippen LogP contribution in [0.1, 0.15) is 48.2 Å². The second-order valence-corrected chi connectivity index (χ2v) is 8.10. The van der Waals surface area contributed by atoms with Crippen molar-refractivity contribution in [3.8, 4) is 17.1 Å². The van der Waals surface area contributed by atoms with Gasteiger partial charge in [0.15, 0.2) is 0 Å². The number of hydrogen-bond donors (Lipinski definition) is 0. The molecule has 1 aromatic heterocycles. The van der Waals surface area contributed by atoms with E-state index < -0.39 is 0 Å². The van der Waals surface area contributed by atoms with Gasteiger partial charge in [0, 0.05) is 24.7 Å². The minimum atomic E-state index is -0.110. The van der Waals surface area contributed by atoms with Gasteiger partial charge in [-0.1, -0.05) is 36.4 Å². The number of fused-ring (bicyclic) bond motifs is 1. The number of imidazole rings is 1. The SMILES string of the molecule is CCOC(=O)C[C@@H]1CCc2cc(OCCc3nc(-c4ccccc4)n(C)c3C)ccc21. The molecule has 2 aromatic carbocycles. The Hall–Kier alpha value is -3.08. The topological polar surface area (TPSA) is 53.4 Å². The van der Waals surface area contributed by atoms with Crippen LogP contribution in [0.2, 0.25) is 0 Å². The number of aryl methyl sites for hydroxylation is 1. The molecule has 31 heavy (non-hydrogen) atoms. The lowest BCUT2D eigenvalue weighted by atomic mass is 9.98. The number of rotatable bonds is 8. The molecule has 0 radical (unpaired) electrons. The van der Waals surface area contributed by atoms with Crippen molar-refractivity contribution in [1.82, 2.24) is 9.55 Å². The molecule has 4 rings (SSSR count). The second kappa shape index (κ2) is 9.38. The molecular weight excluding hydrogens is 388 g/mol. The van der Waals surface area contributed by atoms with E-state index in [4.69, 9.17) is 14.5 Å². The number of carbonyl (C=O) groups excluding carboxylic acids is 1. The van der Waals surface area contributed by atoms with Crippen molar-refractivity contribution in [1.29, 1.82) is 0 Å². The van der Waals surface area contributed by atoms with Crippen LogP contribution in [-0.2, 0) is 29.4 Å². The summed E-state index contributed by atoms with van der Waals surface area (Å²) in [4.78, 5) is 16.7. The molecule has 1 heterocycles. The van der Waals surface area contributed by atoms with E-state index in [1.807, 2.05) is 31.2 Å². The third-order valence-electron chi connectivity index (χ3n) is 6.15. The largest absolute Gasteiger partial charge is 0.493 e. The van der Waals surface area contributed by atoms with Crippen molar-refractivity contribution in [3.63, 3.8) is 0 Å². The van der Waals surface area contributed by atoms with E-state index in [2.05, 4.69) is 42.8 Å². The number of hydrogen-bond acceptors (Lipinski definition) is 4. The molecule has 0 fully saturated rings. The first-order valence-corrected chi connectivity index (χ1v) is 11.1. The van der Waals surface area contributed by atoms with E-state index in [1.165, 1.54) is 16.8 Å². The maximum absolute atomic E-state index is 11.8. The molecule has 3 aromatic rings. The highest BCUT2D eigenvalue weighted by Crippen LogP contribution is 2.37. The first-order chi connectivity index (χ1) is 15.1. The summed E-state index contributed by atoms with van der Waals surface area (Å²) in [5, 5.41) is 0. The highest BCUT2D eigenvalue weighted by atomic mass is 16.5. The Kier molecular flexibility index (Phi) is 6.40. The van der Waals surface area contributed by atoms with Gasteiger partial charge in [-0.2, -0.15) is 0 Å². The number of esters is 1. The van der Waals surface area contributed by atoms with Gasteiger partial charge in [0.1, 0.15) is 11.6 Å². The van der Waals surface area contributed by atoms with Gasteiger partial charge in [0.2, 0.25) is 0 Å². The summed E-state index contributed by atoms with van der Waals surface area (Å²) in [5.74, 6) is 2.02. The molecule has 0 aliphatic heterocycles. The summed E-state index contributed by atoms with van der Waals surface area (Å²) in [6, 6.07) is 16.5. The van der Waals surface area contributed by atoms with Gasteiger partial charge < -0.3 is 14.0 Å². The molecule has 5 heteroatoms. The molecule has 1 aliphatic carbocycles. The predicted octanol–water partition coefficient (Wildman–Crippen LogP) is 5.00. The summed E-state index contributed by atoms with van der Waals surface area (Å²) >= 11 is 0. The van der Waals surface area contributed by atoms with Gasteiger partial charge in [-0.15, -0.1) is 0 Å². The lowest BCUT2D eigenvalue weighted by molar-refractivity contribution is -0.143. The number of nitrogens with zero attached hydrogens (tertiary/aromatic N) is 2. The Morgan fingerprint density at radius 3 is 2.77 bits per heavy atom. The van der Waals surface area contributed by atoms with Crippen molar-refractivity contribution >= 4 is 5.97 Å². The average Bonchev–Trinajstić information content (AvgIpc) is 3.30. The molecule has 162 valence electrons. The minimum Gasteiger partial charge on any atom is -0.493 e. The van der Waals surface area contributed by atoms with Crippen LogP contribution in [-0.4, -0.2) is 28.7 Å². The molecule has 0 unspecified atom stereocenters. The van der Waals surface area contributed by atoms with Crippen LogP contribution < -0.4 is 4.74 Å². The van der Waals surface area contributed by atoms with Gasteiger partial charge >= 0.3 is 5.97 Å². The quantitative estimate of drug-likeness (QED) is 0.483. The zero-order chi connectivity index (χ0) is 21.8. The normalized spacial score (nSPS) is 15.0. The number of benzene rings is 2. The van der Waals surface area contributed by atoms with E-state index in [9.17, 15) is 4.79 Å². The fraction of sp³-hybridized carbons (Fsp3) is 0.385. The molecule has 0 bridgehead atoms. The van der Waals surface area contributed by atoms with Crippen LogP contribution in [0.5, 0.6) is 5.75 Å². The van der Waals surface area contributed by atoms with Gasteiger partial charge in [-0.05, 0) is 55.9 Å². The fourth-order valence-corrected chi connectivity index (χ4v) is 4.39. The van der Waals surface area contributed by atoms with Crippen LogP contribution >= 0.6 is 0 Å². The average molecular weight is 419 g/mol. The highest BCUT2D eigenvalue weighted by molar-refractivity contribution is 5.71. The van der Waals surface area contributed by atoms with Gasteiger partial charge in [-0.25, -0.2) is 4.98 Å². The molecule has 1 atom stereocenters. The van der Waals surface area contributed by atoms with Crippen LogP contribution in [0.3, 0.4) is 0 Å². The summed E-state index contributed by atoms with van der Waals surface area (Å²) in [7, 11) is 2.06. The third kappa shape index (κ3) is 4.66. The smallest absolute Gasteiger partial charge is 0.306 e. The molecule has 0 N–H and O–H groups in total. The van der Waals surface area contributed by atoms with Gasteiger partial charge in [0.25, 0.3) is 0 Å². The molecule has 0 saturated carbocycles.